The first-order chi connectivity index (χ1) is 11.7. The van der Waals surface area contributed by atoms with Gasteiger partial charge in [-0.05, 0) is 18.9 Å². The largest absolute Gasteiger partial charge is 0.496 e. The minimum Gasteiger partial charge on any atom is -0.496 e. The van der Waals surface area contributed by atoms with E-state index in [1.807, 2.05) is 23.1 Å². The van der Waals surface area contributed by atoms with Gasteiger partial charge in [0, 0.05) is 44.8 Å². The van der Waals surface area contributed by atoms with Gasteiger partial charge in [-0.15, -0.1) is 24.8 Å². The van der Waals surface area contributed by atoms with Gasteiger partial charge in [-0.2, -0.15) is 0 Å². The molecule has 0 spiro atoms. The van der Waals surface area contributed by atoms with E-state index >= 15 is 0 Å². The van der Waals surface area contributed by atoms with Gasteiger partial charge in [0.05, 0.1) is 13.2 Å². The molecule has 26 heavy (non-hydrogen) atoms. The Kier molecular flexibility index (Phi) is 9.68. The van der Waals surface area contributed by atoms with Crippen molar-refractivity contribution in [3.8, 4) is 5.75 Å². The van der Waals surface area contributed by atoms with Crippen molar-refractivity contribution >= 4 is 30.7 Å². The number of carbonyl (C=O) groups excluding carboxylic acids is 1. The Balaban J connectivity index is 0.00000169. The number of halogens is 2. The zero-order valence-electron chi connectivity index (χ0n) is 15.1. The fraction of sp³-hybridized carbons (Fsp3) is 0.611. The first-order valence-corrected chi connectivity index (χ1v) is 8.70. The predicted octanol–water partition coefficient (Wildman–Crippen LogP) is 1.69. The van der Waals surface area contributed by atoms with Gasteiger partial charge >= 0.3 is 0 Å². The number of hydrogen-bond acceptors (Lipinski definition) is 5. The monoisotopic (exact) mass is 405 g/mol. The second-order valence-electron chi connectivity index (χ2n) is 6.47. The van der Waals surface area contributed by atoms with Crippen LogP contribution in [0, 0.1) is 0 Å². The lowest BCUT2D eigenvalue weighted by atomic mass is 10.1. The highest BCUT2D eigenvalue weighted by molar-refractivity contribution is 5.85. The second-order valence-corrected chi connectivity index (χ2v) is 6.47. The summed E-state index contributed by atoms with van der Waals surface area (Å²) >= 11 is 0. The highest BCUT2D eigenvalue weighted by atomic mass is 35.5. The molecule has 2 saturated heterocycles. The van der Waals surface area contributed by atoms with Crippen LogP contribution in [0.5, 0.6) is 5.75 Å². The molecule has 2 aliphatic rings. The molecular weight excluding hydrogens is 377 g/mol. The molecule has 6 nitrogen and oxygen atoms in total. The van der Waals surface area contributed by atoms with E-state index in [4.69, 9.17) is 15.2 Å². The Morgan fingerprint density at radius 3 is 2.50 bits per heavy atom. The van der Waals surface area contributed by atoms with E-state index < -0.39 is 0 Å². The SMILES string of the molecule is COc1ccccc1CN1CCN(C(=O)[C@@H]2CC[C@H](CN)O2)CC1.Cl.Cl. The maximum absolute atomic E-state index is 12.5. The first kappa shape index (κ1) is 23.0. The van der Waals surface area contributed by atoms with Crippen molar-refractivity contribution in [3.05, 3.63) is 29.8 Å². The van der Waals surface area contributed by atoms with E-state index in [-0.39, 0.29) is 42.9 Å². The van der Waals surface area contributed by atoms with Crippen LogP contribution in [-0.4, -0.2) is 67.7 Å². The molecule has 0 aromatic heterocycles. The Bertz CT molecular complexity index is 568. The first-order valence-electron chi connectivity index (χ1n) is 8.70. The number of carbonyl (C=O) groups is 1. The number of benzene rings is 1. The number of amides is 1. The van der Waals surface area contributed by atoms with Crippen LogP contribution in [0.4, 0.5) is 0 Å². The molecule has 0 bridgehead atoms. The minimum atomic E-state index is -0.292. The third-order valence-electron chi connectivity index (χ3n) is 4.92. The average molecular weight is 406 g/mol. The summed E-state index contributed by atoms with van der Waals surface area (Å²) in [6.07, 6.45) is 1.44. The van der Waals surface area contributed by atoms with Gasteiger partial charge in [-0.25, -0.2) is 0 Å². The van der Waals surface area contributed by atoms with Crippen LogP contribution in [-0.2, 0) is 16.1 Å². The van der Waals surface area contributed by atoms with Crippen molar-refractivity contribution in [2.75, 3.05) is 39.8 Å². The second kappa shape index (κ2) is 10.9. The lowest BCUT2D eigenvalue weighted by Crippen LogP contribution is -2.51. The Labute approximate surface area is 167 Å². The predicted molar refractivity (Wildman–Crippen MR) is 106 cm³/mol. The fourth-order valence-corrected chi connectivity index (χ4v) is 3.47. The van der Waals surface area contributed by atoms with Gasteiger partial charge in [0.25, 0.3) is 5.91 Å². The summed E-state index contributed by atoms with van der Waals surface area (Å²) in [5.41, 5.74) is 6.81. The van der Waals surface area contributed by atoms with Crippen molar-refractivity contribution in [1.29, 1.82) is 0 Å². The summed E-state index contributed by atoms with van der Waals surface area (Å²) in [6.45, 7) is 4.59. The summed E-state index contributed by atoms with van der Waals surface area (Å²) in [7, 11) is 1.70. The lowest BCUT2D eigenvalue weighted by Gasteiger charge is -2.36. The third kappa shape index (κ3) is 5.47. The minimum absolute atomic E-state index is 0. The molecule has 0 radical (unpaired) electrons. The average Bonchev–Trinajstić information content (AvgIpc) is 3.11. The smallest absolute Gasteiger partial charge is 0.251 e. The number of nitrogens with zero attached hydrogens (tertiary/aromatic N) is 2. The van der Waals surface area contributed by atoms with Crippen LogP contribution in [0.2, 0.25) is 0 Å². The van der Waals surface area contributed by atoms with Gasteiger partial charge in [0.15, 0.2) is 0 Å². The third-order valence-corrected chi connectivity index (χ3v) is 4.92. The number of hydrogen-bond donors (Lipinski definition) is 1. The molecular formula is C18H29Cl2N3O3. The van der Waals surface area contributed by atoms with Crippen molar-refractivity contribution in [1.82, 2.24) is 9.80 Å². The van der Waals surface area contributed by atoms with E-state index in [0.29, 0.717) is 6.54 Å². The molecule has 3 rings (SSSR count). The number of rotatable bonds is 5. The number of ether oxygens (including phenoxy) is 2. The highest BCUT2D eigenvalue weighted by Crippen LogP contribution is 2.23. The molecule has 2 atom stereocenters. The Morgan fingerprint density at radius 1 is 1.19 bits per heavy atom. The molecule has 148 valence electrons. The van der Waals surface area contributed by atoms with E-state index in [2.05, 4.69) is 11.0 Å². The maximum atomic E-state index is 12.5. The van der Waals surface area contributed by atoms with Crippen molar-refractivity contribution < 1.29 is 14.3 Å². The molecule has 1 amide bonds. The molecule has 0 aliphatic carbocycles. The quantitative estimate of drug-likeness (QED) is 0.806. The van der Waals surface area contributed by atoms with Gasteiger partial charge in [-0.1, -0.05) is 18.2 Å². The van der Waals surface area contributed by atoms with E-state index in [0.717, 1.165) is 51.3 Å². The molecule has 2 N–H and O–H groups in total. The Morgan fingerprint density at radius 2 is 1.88 bits per heavy atom. The summed E-state index contributed by atoms with van der Waals surface area (Å²) < 4.78 is 11.1. The van der Waals surface area contributed by atoms with Gasteiger partial charge in [0.1, 0.15) is 11.9 Å². The Hall–Kier alpha value is -1.05. The van der Waals surface area contributed by atoms with Crippen molar-refractivity contribution in [2.45, 2.75) is 31.6 Å². The van der Waals surface area contributed by atoms with Gasteiger partial charge in [0.2, 0.25) is 0 Å². The molecule has 1 aromatic carbocycles. The summed E-state index contributed by atoms with van der Waals surface area (Å²) in [5.74, 6) is 1.05. The highest BCUT2D eigenvalue weighted by Gasteiger charge is 2.34. The van der Waals surface area contributed by atoms with Crippen LogP contribution in [0.1, 0.15) is 18.4 Å². The van der Waals surface area contributed by atoms with Gasteiger partial charge in [-0.3, -0.25) is 9.69 Å². The van der Waals surface area contributed by atoms with Crippen LogP contribution < -0.4 is 10.5 Å². The van der Waals surface area contributed by atoms with E-state index in [1.165, 1.54) is 5.56 Å². The molecule has 0 unspecified atom stereocenters. The summed E-state index contributed by atoms with van der Waals surface area (Å²) in [5, 5.41) is 0. The topological polar surface area (TPSA) is 68.0 Å². The number of piperazine rings is 1. The molecule has 0 saturated carbocycles. The molecule has 8 heteroatoms. The van der Waals surface area contributed by atoms with Crippen molar-refractivity contribution in [2.24, 2.45) is 5.73 Å². The van der Waals surface area contributed by atoms with E-state index in [9.17, 15) is 4.79 Å². The van der Waals surface area contributed by atoms with Crippen LogP contribution >= 0.6 is 24.8 Å². The molecule has 2 fully saturated rings. The van der Waals surface area contributed by atoms with E-state index in [1.54, 1.807) is 7.11 Å². The molecule has 1 aromatic rings. The zero-order valence-corrected chi connectivity index (χ0v) is 16.8. The van der Waals surface area contributed by atoms with Crippen molar-refractivity contribution in [3.63, 3.8) is 0 Å². The lowest BCUT2D eigenvalue weighted by molar-refractivity contribution is -0.144. The van der Waals surface area contributed by atoms with Gasteiger partial charge < -0.3 is 20.1 Å². The summed E-state index contributed by atoms with van der Waals surface area (Å²) in [6, 6.07) is 8.09. The molecule has 2 aliphatic heterocycles. The van der Waals surface area contributed by atoms with Crippen LogP contribution in [0.3, 0.4) is 0 Å². The standard InChI is InChI=1S/C18H27N3O3.2ClH/c1-23-16-5-3-2-4-14(16)13-20-8-10-21(11-9-20)18(22)17-7-6-15(12-19)24-17;;/h2-5,15,17H,6-13,19H2,1H3;2*1H/t15-,17+;;/m1../s1. The van der Waals surface area contributed by atoms with Crippen LogP contribution in [0.15, 0.2) is 24.3 Å². The number of methoxy groups -OCH3 is 1. The maximum Gasteiger partial charge on any atom is 0.251 e. The number of nitrogens with two attached hydrogens (primary N) is 1. The normalized spacial score (nSPS) is 23.1. The van der Waals surface area contributed by atoms with Crippen LogP contribution in [0.25, 0.3) is 0 Å². The number of para-hydroxylation sites is 1. The zero-order chi connectivity index (χ0) is 16.9. The fourth-order valence-electron chi connectivity index (χ4n) is 3.47. The molecule has 2 heterocycles. The summed E-state index contributed by atoms with van der Waals surface area (Å²) in [4.78, 5) is 16.8.